The van der Waals surface area contributed by atoms with Gasteiger partial charge in [0.25, 0.3) is 11.8 Å². The lowest BCUT2D eigenvalue weighted by atomic mass is 10.1. The van der Waals surface area contributed by atoms with E-state index >= 15 is 0 Å². The lowest BCUT2D eigenvalue weighted by molar-refractivity contribution is -0.137. The molecule has 0 saturated heterocycles. The number of ether oxygens (including phenoxy) is 1. The number of benzene rings is 1. The molecule has 154 valence electrons. The van der Waals surface area contributed by atoms with Gasteiger partial charge < -0.3 is 15.0 Å². The van der Waals surface area contributed by atoms with Crippen LogP contribution in [0.25, 0.3) is 0 Å². The smallest absolute Gasteiger partial charge is 0.416 e. The second kappa shape index (κ2) is 8.53. The summed E-state index contributed by atoms with van der Waals surface area (Å²) in [5.74, 6) is -1.09. The Labute approximate surface area is 169 Å². The van der Waals surface area contributed by atoms with Crippen molar-refractivity contribution in [1.29, 1.82) is 5.26 Å². The van der Waals surface area contributed by atoms with Crippen molar-refractivity contribution in [3.8, 4) is 11.8 Å². The third kappa shape index (κ3) is 5.06. The fraction of sp³-hybridized carbons (Fsp3) is 0.316. The first-order valence-electron chi connectivity index (χ1n) is 8.35. The number of rotatable bonds is 5. The van der Waals surface area contributed by atoms with E-state index in [1.54, 1.807) is 21.0 Å². The van der Waals surface area contributed by atoms with Crippen LogP contribution in [0.4, 0.5) is 18.2 Å². The molecule has 10 heteroatoms. The lowest BCUT2D eigenvalue weighted by Crippen LogP contribution is -2.30. The zero-order valence-electron chi connectivity index (χ0n) is 16.0. The maximum atomic E-state index is 12.8. The van der Waals surface area contributed by atoms with Crippen LogP contribution in [-0.4, -0.2) is 36.9 Å². The summed E-state index contributed by atoms with van der Waals surface area (Å²) in [6, 6.07) is 6.14. The number of thiophene rings is 1. The minimum absolute atomic E-state index is 0.117. The van der Waals surface area contributed by atoms with Gasteiger partial charge in [0.15, 0.2) is 6.10 Å². The molecule has 6 nitrogen and oxygen atoms in total. The number of anilines is 1. The Morgan fingerprint density at radius 2 is 1.97 bits per heavy atom. The zero-order valence-corrected chi connectivity index (χ0v) is 16.9. The fourth-order valence-corrected chi connectivity index (χ4v) is 3.54. The summed E-state index contributed by atoms with van der Waals surface area (Å²) < 4.78 is 43.7. The molecule has 0 unspecified atom stereocenters. The summed E-state index contributed by atoms with van der Waals surface area (Å²) in [5, 5.41) is 12.1. The molecule has 0 aliphatic heterocycles. The van der Waals surface area contributed by atoms with E-state index in [0.29, 0.717) is 10.4 Å². The second-order valence-electron chi connectivity index (χ2n) is 6.35. The third-order valence-corrected chi connectivity index (χ3v) is 5.13. The summed E-state index contributed by atoms with van der Waals surface area (Å²) >= 11 is 0.955. The van der Waals surface area contributed by atoms with Gasteiger partial charge in [-0.3, -0.25) is 9.59 Å². The van der Waals surface area contributed by atoms with Gasteiger partial charge >= 0.3 is 6.18 Å². The van der Waals surface area contributed by atoms with Gasteiger partial charge in [0.1, 0.15) is 16.8 Å². The van der Waals surface area contributed by atoms with Crippen LogP contribution in [0.3, 0.4) is 0 Å². The molecular formula is C19H18F3N3O3S. The maximum absolute atomic E-state index is 12.8. The summed E-state index contributed by atoms with van der Waals surface area (Å²) in [5.41, 5.74) is -0.298. The highest BCUT2D eigenvalue weighted by atomic mass is 32.1. The molecule has 0 aliphatic rings. The minimum Gasteiger partial charge on any atom is -0.481 e. The van der Waals surface area contributed by atoms with Gasteiger partial charge in [0.05, 0.1) is 16.0 Å². The number of hydrogen-bond donors (Lipinski definition) is 1. The van der Waals surface area contributed by atoms with Gasteiger partial charge in [-0.05, 0) is 37.6 Å². The third-order valence-electron chi connectivity index (χ3n) is 3.94. The van der Waals surface area contributed by atoms with E-state index in [-0.39, 0.29) is 22.2 Å². The van der Waals surface area contributed by atoms with Crippen molar-refractivity contribution < 1.29 is 27.5 Å². The Balaban J connectivity index is 2.19. The summed E-state index contributed by atoms with van der Waals surface area (Å²) in [4.78, 5) is 26.3. The number of hydrogen-bond acceptors (Lipinski definition) is 5. The standard InChI is InChI=1S/C19H18F3N3O3S/c1-10-14(9-23)17(29-15(10)18(27)25(3)4)24-16(26)11(2)28-13-7-5-6-12(8-13)19(20,21)22/h5-8,11H,1-4H3,(H,24,26)/t11-/m0/s1. The highest BCUT2D eigenvalue weighted by Gasteiger charge is 2.31. The Bertz CT molecular complexity index is 977. The highest BCUT2D eigenvalue weighted by molar-refractivity contribution is 7.18. The van der Waals surface area contributed by atoms with Crippen molar-refractivity contribution in [2.24, 2.45) is 0 Å². The molecule has 0 saturated carbocycles. The Hall–Kier alpha value is -3.06. The van der Waals surface area contributed by atoms with Crippen molar-refractivity contribution in [2.45, 2.75) is 26.1 Å². The molecule has 0 spiro atoms. The van der Waals surface area contributed by atoms with Crippen LogP contribution in [0.1, 0.15) is 33.3 Å². The maximum Gasteiger partial charge on any atom is 0.416 e. The first kappa shape index (κ1) is 22.2. The quantitative estimate of drug-likeness (QED) is 0.783. The molecule has 0 radical (unpaired) electrons. The number of alkyl halides is 3. The summed E-state index contributed by atoms with van der Waals surface area (Å²) in [6.07, 6.45) is -5.67. The van der Waals surface area contributed by atoms with Crippen LogP contribution in [0, 0.1) is 18.3 Å². The van der Waals surface area contributed by atoms with Crippen LogP contribution < -0.4 is 10.1 Å². The number of nitrogens with zero attached hydrogens (tertiary/aromatic N) is 2. The molecule has 0 fully saturated rings. The predicted molar refractivity (Wildman–Crippen MR) is 102 cm³/mol. The molecule has 0 aliphatic carbocycles. The van der Waals surface area contributed by atoms with E-state index in [2.05, 4.69) is 5.32 Å². The van der Waals surface area contributed by atoms with Gasteiger partial charge in [-0.25, -0.2) is 0 Å². The van der Waals surface area contributed by atoms with Crippen molar-refractivity contribution in [2.75, 3.05) is 19.4 Å². The van der Waals surface area contributed by atoms with Gasteiger partial charge in [0, 0.05) is 14.1 Å². The van der Waals surface area contributed by atoms with Crippen LogP contribution in [-0.2, 0) is 11.0 Å². The molecule has 1 aromatic carbocycles. The molecule has 1 atom stereocenters. The minimum atomic E-state index is -4.53. The van der Waals surface area contributed by atoms with Crippen LogP contribution >= 0.6 is 11.3 Å². The molecule has 2 rings (SSSR count). The van der Waals surface area contributed by atoms with Crippen molar-refractivity contribution in [3.05, 3.63) is 45.8 Å². The SMILES string of the molecule is Cc1c(C(=O)N(C)C)sc(NC(=O)[C@H](C)Oc2cccc(C(F)(F)F)c2)c1C#N. The van der Waals surface area contributed by atoms with E-state index in [0.717, 1.165) is 23.5 Å². The van der Waals surface area contributed by atoms with E-state index in [9.17, 15) is 28.0 Å². The van der Waals surface area contributed by atoms with Crippen LogP contribution in [0.2, 0.25) is 0 Å². The topological polar surface area (TPSA) is 82.4 Å². The first-order chi connectivity index (χ1) is 13.5. The number of halogens is 3. The number of nitriles is 1. The van der Waals surface area contributed by atoms with E-state index in [1.165, 1.54) is 24.0 Å². The predicted octanol–water partition coefficient (Wildman–Crippen LogP) is 4.05. The average Bonchev–Trinajstić information content (AvgIpc) is 2.95. The second-order valence-corrected chi connectivity index (χ2v) is 7.37. The number of amides is 2. The number of carbonyl (C=O) groups is 2. The fourth-order valence-electron chi connectivity index (χ4n) is 2.36. The van der Waals surface area contributed by atoms with E-state index in [1.807, 2.05) is 6.07 Å². The lowest BCUT2D eigenvalue weighted by Gasteiger charge is -2.15. The van der Waals surface area contributed by atoms with Crippen molar-refractivity contribution in [3.63, 3.8) is 0 Å². The number of carbonyl (C=O) groups excluding carboxylic acids is 2. The molecule has 2 amide bonds. The van der Waals surface area contributed by atoms with Crippen LogP contribution in [0.5, 0.6) is 5.75 Å². The summed E-state index contributed by atoms with van der Waals surface area (Å²) in [7, 11) is 3.13. The monoisotopic (exact) mass is 425 g/mol. The molecule has 0 bridgehead atoms. The van der Waals surface area contributed by atoms with E-state index < -0.39 is 23.8 Å². The molecule has 1 aromatic heterocycles. The number of nitrogens with one attached hydrogen (secondary N) is 1. The average molecular weight is 425 g/mol. The van der Waals surface area contributed by atoms with Gasteiger partial charge in [-0.15, -0.1) is 11.3 Å². The molecule has 1 heterocycles. The first-order valence-corrected chi connectivity index (χ1v) is 9.17. The normalized spacial score (nSPS) is 12.1. The van der Waals surface area contributed by atoms with Gasteiger partial charge in [0.2, 0.25) is 0 Å². The van der Waals surface area contributed by atoms with E-state index in [4.69, 9.17) is 4.74 Å². The van der Waals surface area contributed by atoms with Gasteiger partial charge in [-0.1, -0.05) is 6.07 Å². The van der Waals surface area contributed by atoms with Crippen molar-refractivity contribution in [1.82, 2.24) is 4.90 Å². The Morgan fingerprint density at radius 3 is 2.52 bits per heavy atom. The Kier molecular flexibility index (Phi) is 6.54. The Morgan fingerprint density at radius 1 is 1.31 bits per heavy atom. The van der Waals surface area contributed by atoms with Crippen molar-refractivity contribution >= 4 is 28.2 Å². The molecule has 29 heavy (non-hydrogen) atoms. The summed E-state index contributed by atoms with van der Waals surface area (Å²) in [6.45, 7) is 2.97. The zero-order chi connectivity index (χ0) is 21.9. The van der Waals surface area contributed by atoms with Gasteiger partial charge in [-0.2, -0.15) is 18.4 Å². The van der Waals surface area contributed by atoms with Crippen LogP contribution in [0.15, 0.2) is 24.3 Å². The molecular weight excluding hydrogens is 407 g/mol. The highest BCUT2D eigenvalue weighted by Crippen LogP contribution is 2.34. The largest absolute Gasteiger partial charge is 0.481 e. The molecule has 1 N–H and O–H groups in total. The molecule has 2 aromatic rings.